The van der Waals surface area contributed by atoms with Crippen molar-refractivity contribution < 1.29 is 0 Å². The van der Waals surface area contributed by atoms with E-state index in [4.69, 9.17) is 0 Å². The molecule has 9 heavy (non-hydrogen) atoms. The highest BCUT2D eigenvalue weighted by Gasteiger charge is 2.16. The monoisotopic (exact) mass is 125 g/mol. The van der Waals surface area contributed by atoms with E-state index in [0.717, 1.165) is 5.92 Å². The van der Waals surface area contributed by atoms with Crippen LogP contribution in [-0.2, 0) is 0 Å². The van der Waals surface area contributed by atoms with Gasteiger partial charge in [0.2, 0.25) is 0 Å². The topological polar surface area (TPSA) is 3.24 Å². The van der Waals surface area contributed by atoms with Crippen LogP contribution in [0, 0.1) is 5.92 Å². The Bertz CT molecular complexity index is 98.7. The van der Waals surface area contributed by atoms with Crippen molar-refractivity contribution in [2.24, 2.45) is 5.92 Å². The van der Waals surface area contributed by atoms with Gasteiger partial charge in [-0.2, -0.15) is 0 Å². The Hall–Kier alpha value is -0.460. The second-order valence-corrected chi connectivity index (χ2v) is 2.74. The van der Waals surface area contributed by atoms with Gasteiger partial charge in [-0.05, 0) is 18.5 Å². The second kappa shape index (κ2) is 2.90. The molecule has 1 aliphatic rings. The zero-order valence-electron chi connectivity index (χ0n) is 6.14. The smallest absolute Gasteiger partial charge is 0.0201 e. The summed E-state index contributed by atoms with van der Waals surface area (Å²) in [6.07, 6.45) is 4.64. The molecule has 0 radical (unpaired) electrons. The van der Waals surface area contributed by atoms with Crippen molar-refractivity contribution in [2.75, 3.05) is 13.1 Å². The van der Waals surface area contributed by atoms with Gasteiger partial charge in [-0.15, -0.1) is 0 Å². The largest absolute Gasteiger partial charge is 0.378 e. The Morgan fingerprint density at radius 2 is 2.56 bits per heavy atom. The van der Waals surface area contributed by atoms with Crippen LogP contribution in [0.1, 0.15) is 19.8 Å². The Morgan fingerprint density at radius 3 is 2.89 bits per heavy atom. The van der Waals surface area contributed by atoms with Crippen molar-refractivity contribution in [3.8, 4) is 0 Å². The van der Waals surface area contributed by atoms with E-state index in [1.165, 1.54) is 25.9 Å². The Morgan fingerprint density at radius 1 is 1.78 bits per heavy atom. The van der Waals surface area contributed by atoms with Crippen molar-refractivity contribution in [3.05, 3.63) is 12.8 Å². The minimum Gasteiger partial charge on any atom is -0.378 e. The van der Waals surface area contributed by atoms with Crippen LogP contribution in [0.15, 0.2) is 12.8 Å². The summed E-state index contributed by atoms with van der Waals surface area (Å²) in [5.41, 5.74) is 0. The van der Waals surface area contributed by atoms with E-state index < -0.39 is 0 Å². The van der Waals surface area contributed by atoms with E-state index >= 15 is 0 Å². The highest BCUT2D eigenvalue weighted by atomic mass is 15.1. The first-order valence-corrected chi connectivity index (χ1v) is 3.73. The van der Waals surface area contributed by atoms with Crippen LogP contribution in [0.4, 0.5) is 0 Å². The van der Waals surface area contributed by atoms with Gasteiger partial charge in [0, 0.05) is 13.1 Å². The van der Waals surface area contributed by atoms with Crippen molar-refractivity contribution in [3.63, 3.8) is 0 Å². The number of hydrogen-bond donors (Lipinski definition) is 0. The molecule has 1 atom stereocenters. The molecule has 0 aromatic carbocycles. The normalized spacial score (nSPS) is 26.8. The van der Waals surface area contributed by atoms with Crippen LogP contribution in [0.3, 0.4) is 0 Å². The maximum Gasteiger partial charge on any atom is 0.0201 e. The summed E-state index contributed by atoms with van der Waals surface area (Å²) in [5.74, 6) is 0.933. The fourth-order valence-electron chi connectivity index (χ4n) is 1.36. The fraction of sp³-hybridized carbons (Fsp3) is 0.750. The Kier molecular flexibility index (Phi) is 2.15. The van der Waals surface area contributed by atoms with Crippen LogP contribution in [0.25, 0.3) is 0 Å². The predicted molar refractivity (Wildman–Crippen MR) is 40.2 cm³/mol. The molecule has 1 saturated heterocycles. The average Bonchev–Trinajstić information content (AvgIpc) is 2.34. The quantitative estimate of drug-likeness (QED) is 0.544. The molecule has 1 unspecified atom stereocenters. The van der Waals surface area contributed by atoms with E-state index in [2.05, 4.69) is 18.4 Å². The highest BCUT2D eigenvalue weighted by Crippen LogP contribution is 2.18. The van der Waals surface area contributed by atoms with E-state index in [-0.39, 0.29) is 0 Å². The molecular formula is C8H15N. The van der Waals surface area contributed by atoms with Crippen LogP contribution < -0.4 is 0 Å². The van der Waals surface area contributed by atoms with E-state index in [9.17, 15) is 0 Å². The molecule has 0 spiro atoms. The minimum atomic E-state index is 0.933. The molecule has 1 nitrogen and oxygen atoms in total. The van der Waals surface area contributed by atoms with Gasteiger partial charge in [0.1, 0.15) is 0 Å². The molecule has 0 aliphatic carbocycles. The summed E-state index contributed by atoms with van der Waals surface area (Å²) < 4.78 is 0. The lowest BCUT2D eigenvalue weighted by Crippen LogP contribution is -2.11. The number of nitrogens with zero attached hydrogens (tertiary/aromatic N) is 1. The number of rotatable bonds is 2. The lowest BCUT2D eigenvalue weighted by atomic mass is 10.1. The maximum atomic E-state index is 3.74. The van der Waals surface area contributed by atoms with Gasteiger partial charge in [0.25, 0.3) is 0 Å². The lowest BCUT2D eigenvalue weighted by molar-refractivity contribution is 0.435. The zero-order valence-corrected chi connectivity index (χ0v) is 6.14. The molecule has 52 valence electrons. The molecule has 1 heterocycles. The molecule has 0 N–H and O–H groups in total. The van der Waals surface area contributed by atoms with Crippen molar-refractivity contribution >= 4 is 0 Å². The number of likely N-dealkylation sites (tertiary alicyclic amines) is 1. The van der Waals surface area contributed by atoms with Gasteiger partial charge in [-0.1, -0.05) is 19.9 Å². The fourth-order valence-corrected chi connectivity index (χ4v) is 1.36. The summed E-state index contributed by atoms with van der Waals surface area (Å²) in [6.45, 7) is 8.46. The van der Waals surface area contributed by atoms with Crippen molar-refractivity contribution in [1.82, 2.24) is 4.90 Å². The average molecular weight is 125 g/mol. The molecule has 1 rings (SSSR count). The van der Waals surface area contributed by atoms with E-state index in [1.54, 1.807) is 0 Å². The molecule has 0 aromatic rings. The standard InChI is InChI=1S/C8H15N/c1-3-8-5-6-9(4-2)7-8/h4,8H,2-3,5-7H2,1H3. The summed E-state index contributed by atoms with van der Waals surface area (Å²) in [6, 6.07) is 0. The van der Waals surface area contributed by atoms with Crippen LogP contribution in [0.5, 0.6) is 0 Å². The van der Waals surface area contributed by atoms with Gasteiger partial charge in [-0.25, -0.2) is 0 Å². The third-order valence-corrected chi connectivity index (χ3v) is 2.15. The summed E-state index contributed by atoms with van der Waals surface area (Å²) in [4.78, 5) is 2.30. The van der Waals surface area contributed by atoms with E-state index in [0.29, 0.717) is 0 Å². The molecule has 0 aromatic heterocycles. The number of hydrogen-bond acceptors (Lipinski definition) is 1. The predicted octanol–water partition coefficient (Wildman–Crippen LogP) is 1.86. The van der Waals surface area contributed by atoms with E-state index in [1.807, 2.05) is 6.20 Å². The third kappa shape index (κ3) is 1.47. The molecule has 1 fully saturated rings. The lowest BCUT2D eigenvalue weighted by Gasteiger charge is -2.10. The molecular weight excluding hydrogens is 110 g/mol. The van der Waals surface area contributed by atoms with Gasteiger partial charge >= 0.3 is 0 Å². The third-order valence-electron chi connectivity index (χ3n) is 2.15. The summed E-state index contributed by atoms with van der Waals surface area (Å²) in [5, 5.41) is 0. The van der Waals surface area contributed by atoms with Crippen molar-refractivity contribution in [2.45, 2.75) is 19.8 Å². The molecule has 0 saturated carbocycles. The molecule has 0 bridgehead atoms. The van der Waals surface area contributed by atoms with Crippen LogP contribution in [-0.4, -0.2) is 18.0 Å². The highest BCUT2D eigenvalue weighted by molar-refractivity contribution is 4.80. The van der Waals surface area contributed by atoms with Crippen LogP contribution >= 0.6 is 0 Å². The first kappa shape index (κ1) is 6.66. The summed E-state index contributed by atoms with van der Waals surface area (Å²) >= 11 is 0. The van der Waals surface area contributed by atoms with Gasteiger partial charge < -0.3 is 4.90 Å². The Balaban J connectivity index is 2.28. The second-order valence-electron chi connectivity index (χ2n) is 2.74. The first-order valence-electron chi connectivity index (χ1n) is 3.73. The molecule has 0 amide bonds. The zero-order chi connectivity index (χ0) is 6.69. The van der Waals surface area contributed by atoms with Gasteiger partial charge in [0.15, 0.2) is 0 Å². The minimum absolute atomic E-state index is 0.933. The Labute approximate surface area is 57.4 Å². The SMILES string of the molecule is C=CN1CCC(CC)C1. The van der Waals surface area contributed by atoms with Gasteiger partial charge in [0.05, 0.1) is 0 Å². The first-order chi connectivity index (χ1) is 4.36. The van der Waals surface area contributed by atoms with Crippen LogP contribution in [0.2, 0.25) is 0 Å². The summed E-state index contributed by atoms with van der Waals surface area (Å²) in [7, 11) is 0. The van der Waals surface area contributed by atoms with Gasteiger partial charge in [-0.3, -0.25) is 0 Å². The molecule has 1 aliphatic heterocycles. The maximum absolute atomic E-state index is 3.74. The van der Waals surface area contributed by atoms with Crippen molar-refractivity contribution in [1.29, 1.82) is 0 Å². The molecule has 1 heteroatoms.